The SMILES string of the molecule is CC(=O)NC[C@H](N)C(=O)N[C@@H](CC(=O)O)C(=O)N[C@@H](CS)C(=O)NCCOCCOCCC(=O)N[C@@H](CC(=O)O)C(=O)N[C@@H](Cc1ccc(OS(=O)(=O)O)cc1)C(=O)N[C@@H](CCS)C(=O)NCC(=O)N[C@@H](CC12CN1c1ccccc12)C(=O)N[C@@H](CCS)C(=O)N[C@@H](CC(=O)O)C(=O)N[C@@H](Cc1ccccc1)C(N)=O. The third kappa shape index (κ3) is 30.2. The summed E-state index contributed by atoms with van der Waals surface area (Å²) in [5.41, 5.74) is 13.0. The van der Waals surface area contributed by atoms with Gasteiger partial charge in [-0.1, -0.05) is 60.7 Å². The Kier molecular flexibility index (Phi) is 36.4. The molecule has 0 bridgehead atoms. The van der Waals surface area contributed by atoms with Crippen LogP contribution in [0.4, 0.5) is 5.69 Å². The maximum Gasteiger partial charge on any atom is 0.446 e. The predicted molar refractivity (Wildman–Crippen MR) is 396 cm³/mol. The third-order valence-corrected chi connectivity index (χ3v) is 17.8. The second-order valence-corrected chi connectivity index (χ2v) is 27.3. The summed E-state index contributed by atoms with van der Waals surface area (Å²) in [6.07, 6.45) is -4.45. The molecule has 0 spiro atoms. The van der Waals surface area contributed by atoms with Crippen molar-refractivity contribution in [3.8, 4) is 5.75 Å². The molecule has 3 aromatic rings. The van der Waals surface area contributed by atoms with Crippen molar-refractivity contribution in [1.82, 2.24) is 63.8 Å². The topological polar surface area (TPSA) is 615 Å². The van der Waals surface area contributed by atoms with E-state index >= 15 is 0 Å². The van der Waals surface area contributed by atoms with Gasteiger partial charge in [0.25, 0.3) is 0 Å². The van der Waals surface area contributed by atoms with Crippen LogP contribution in [0, 0.1) is 0 Å². The number of para-hydroxylation sites is 1. The van der Waals surface area contributed by atoms with Crippen molar-refractivity contribution in [2.24, 2.45) is 11.5 Å². The van der Waals surface area contributed by atoms with E-state index in [0.717, 1.165) is 23.4 Å². The number of benzene rings is 3. The highest BCUT2D eigenvalue weighted by Gasteiger charge is 2.64. The Balaban J connectivity index is 1.20. The lowest BCUT2D eigenvalue weighted by molar-refractivity contribution is -0.142. The first-order valence-corrected chi connectivity index (χ1v) is 37.2. The van der Waals surface area contributed by atoms with E-state index in [1.54, 1.807) is 42.5 Å². The summed E-state index contributed by atoms with van der Waals surface area (Å²) in [6, 6.07) is 4.67. The zero-order valence-corrected chi connectivity index (χ0v) is 62.6. The Morgan fingerprint density at radius 3 is 1.52 bits per heavy atom. The number of carbonyl (C=O) groups excluding carboxylic acids is 13. The number of amides is 13. The number of rotatable bonds is 51. The normalized spacial score (nSPS) is 15.8. The van der Waals surface area contributed by atoms with Crippen LogP contribution < -0.4 is 84.4 Å². The Hall–Kier alpha value is -10.4. The van der Waals surface area contributed by atoms with E-state index < -0.39 is 210 Å². The average Bonchev–Trinajstić information content (AvgIpc) is 1.50. The molecule has 20 N–H and O–H groups in total. The fraction of sp³-hybridized carbons (Fsp3) is 0.485. The summed E-state index contributed by atoms with van der Waals surface area (Å²) in [5.74, 6) is -17.9. The number of fused-ring (bicyclic) bond motifs is 4. The second kappa shape index (κ2) is 44.3. The number of aliphatic carboxylic acids is 3. The largest absolute Gasteiger partial charge is 0.481 e. The maximum absolute atomic E-state index is 14.5. The average molecular weight is 1620 g/mol. The number of carboxylic acid groups (broad SMARTS) is 3. The van der Waals surface area contributed by atoms with Crippen molar-refractivity contribution in [1.29, 1.82) is 0 Å². The molecule has 1 unspecified atom stereocenters. The first-order chi connectivity index (χ1) is 52.1. The summed E-state index contributed by atoms with van der Waals surface area (Å²) in [6.45, 7) is -0.363. The van der Waals surface area contributed by atoms with Gasteiger partial charge in [0.2, 0.25) is 76.8 Å². The molecule has 602 valence electrons. The Morgan fingerprint density at radius 1 is 0.509 bits per heavy atom. The fourth-order valence-electron chi connectivity index (χ4n) is 11.0. The number of hydrogen-bond acceptors (Lipinski definition) is 26. The molecule has 2 aliphatic heterocycles. The fourth-order valence-corrected chi connectivity index (χ4v) is 12.2. The Morgan fingerprint density at radius 2 is 0.964 bits per heavy atom. The highest BCUT2D eigenvalue weighted by molar-refractivity contribution is 7.81. The van der Waals surface area contributed by atoms with Crippen LogP contribution in [0.5, 0.6) is 5.75 Å². The molecule has 3 aromatic carbocycles. The number of ether oxygens (including phenoxy) is 2. The molecular weight excluding hydrogens is 1530 g/mol. The minimum absolute atomic E-state index is 0.0474. The van der Waals surface area contributed by atoms with E-state index in [-0.39, 0.29) is 93.8 Å². The lowest BCUT2D eigenvalue weighted by Gasteiger charge is -2.34. The van der Waals surface area contributed by atoms with Crippen LogP contribution in [0.3, 0.4) is 0 Å². The smallest absolute Gasteiger partial charge is 0.446 e. The quantitative estimate of drug-likeness (QED) is 0.0108. The molecule has 2 heterocycles. The molecule has 0 radical (unpaired) electrons. The number of thiol groups is 3. The van der Waals surface area contributed by atoms with Gasteiger partial charge in [-0.2, -0.15) is 46.3 Å². The number of nitrogens with two attached hydrogens (primary N) is 2. The molecule has 0 aliphatic carbocycles. The number of nitrogens with one attached hydrogen (secondary N) is 12. The molecule has 1 saturated heterocycles. The lowest BCUT2D eigenvalue weighted by atomic mass is 9.85. The summed E-state index contributed by atoms with van der Waals surface area (Å²) in [7, 11) is -5.00. The summed E-state index contributed by atoms with van der Waals surface area (Å²) < 4.78 is 47.4. The summed E-state index contributed by atoms with van der Waals surface area (Å²) in [5, 5.41) is 57.6. The molecule has 13 amide bonds. The van der Waals surface area contributed by atoms with E-state index in [1.165, 1.54) is 19.1 Å². The zero-order valence-electron chi connectivity index (χ0n) is 59.1. The van der Waals surface area contributed by atoms with Crippen LogP contribution in [0.1, 0.15) is 68.6 Å². The molecule has 0 aromatic heterocycles. The van der Waals surface area contributed by atoms with Gasteiger partial charge >= 0.3 is 28.3 Å². The van der Waals surface area contributed by atoms with Crippen molar-refractivity contribution >= 4 is 149 Å². The third-order valence-electron chi connectivity index (χ3n) is 16.6. The van der Waals surface area contributed by atoms with Crippen LogP contribution in [-0.4, -0.2) is 253 Å². The number of anilines is 1. The summed E-state index contributed by atoms with van der Waals surface area (Å²) in [4.78, 5) is 211. The number of nitrogens with zero attached hydrogens (tertiary/aromatic N) is 1. The predicted octanol–water partition coefficient (Wildman–Crippen LogP) is -6.27. The monoisotopic (exact) mass is 1620 g/mol. The Labute approximate surface area is 646 Å². The maximum atomic E-state index is 14.5. The van der Waals surface area contributed by atoms with Gasteiger partial charge in [-0.15, -0.1) is 0 Å². The van der Waals surface area contributed by atoms with E-state index in [9.17, 15) is 105 Å². The van der Waals surface area contributed by atoms with Gasteiger partial charge in [0.1, 0.15) is 66.2 Å². The van der Waals surface area contributed by atoms with Gasteiger partial charge in [0.15, 0.2) is 0 Å². The van der Waals surface area contributed by atoms with Crippen LogP contribution in [0.25, 0.3) is 0 Å². The summed E-state index contributed by atoms with van der Waals surface area (Å²) >= 11 is 12.5. The van der Waals surface area contributed by atoms with Crippen LogP contribution in [-0.2, 0) is 115 Å². The van der Waals surface area contributed by atoms with E-state index in [4.69, 9.17) is 20.9 Å². The molecule has 0 saturated carbocycles. The Bertz CT molecular complexity index is 3930. The van der Waals surface area contributed by atoms with Gasteiger partial charge in [0.05, 0.1) is 57.8 Å². The van der Waals surface area contributed by atoms with Crippen molar-refractivity contribution < 1.29 is 119 Å². The van der Waals surface area contributed by atoms with Crippen molar-refractivity contribution in [2.45, 2.75) is 131 Å². The lowest BCUT2D eigenvalue weighted by Crippen LogP contribution is -2.59. The molecule has 1 fully saturated rings. The molecular formula is C66H89N15O25S4. The van der Waals surface area contributed by atoms with Gasteiger partial charge in [0, 0.05) is 69.2 Å². The van der Waals surface area contributed by atoms with Gasteiger partial charge in [-0.25, -0.2) is 0 Å². The van der Waals surface area contributed by atoms with Crippen molar-refractivity contribution in [2.75, 3.05) is 74.8 Å². The minimum Gasteiger partial charge on any atom is -0.481 e. The molecule has 110 heavy (non-hydrogen) atoms. The molecule has 5 rings (SSSR count). The van der Waals surface area contributed by atoms with Crippen LogP contribution >= 0.6 is 37.9 Å². The van der Waals surface area contributed by atoms with Gasteiger partial charge < -0.3 is 109 Å². The van der Waals surface area contributed by atoms with Crippen LogP contribution in [0.15, 0.2) is 78.9 Å². The number of carboxylic acids is 3. The van der Waals surface area contributed by atoms with Gasteiger partial charge in [-0.3, -0.25) is 81.3 Å². The zero-order chi connectivity index (χ0) is 81.4. The van der Waals surface area contributed by atoms with Crippen molar-refractivity contribution in [3.05, 3.63) is 95.6 Å². The van der Waals surface area contributed by atoms with E-state index in [1.807, 2.05) is 17.0 Å². The number of primary amides is 1. The minimum atomic E-state index is -5.00. The van der Waals surface area contributed by atoms with E-state index in [0.29, 0.717) is 12.1 Å². The highest BCUT2D eigenvalue weighted by Crippen LogP contribution is 2.61. The molecule has 11 atom stereocenters. The number of hydrogen-bond donors (Lipinski definition) is 21. The molecule has 40 nitrogen and oxygen atoms in total. The molecule has 2 aliphatic rings. The number of carbonyl (C=O) groups is 16. The van der Waals surface area contributed by atoms with E-state index in [2.05, 4.69) is 106 Å². The highest BCUT2D eigenvalue weighted by atomic mass is 32.3. The standard InChI is InChI=1S/C66H89N15O25S4/c1-35(82)70-31-40(67)57(92)77-46(28-54(87)88)64(99)80-49(33-109)59(94)69-18-20-105-22-21-104-19-15-51(83)72-45(27-53(85)86)62(97)78-44(26-37-11-13-38(14-12-37)106-110(101,102)103)61(96)74-41(16-23-107)58(93)71-32-52(84)73-48(30-66-34-81(66)50-10-6-5-9-39(50)66)65(100)75-42(17-24-108)60(95)79-47(29-55(89)90)63(98)76-43(56(68)91)25-36-7-3-2-4-8-36/h2-14,40-49,107-109H,15-34,67H2,1H3,(H2,68,91)(H,69,94)(H,70,82)(H,71,93)(H,72,83)(H,73,84)(H,74,96)(H,75,100)(H,76,98)(H,77,92)(H,78,97)(H,79,95)(H,80,99)(H,85,86)(H,87,88)(H,89,90)(H,101,102,103)/t40-,41-,42-,43-,44-,45-,46-,47-,48-,49-,66?,81?/m0/s1. The first-order valence-electron chi connectivity index (χ1n) is 33.9. The first kappa shape index (κ1) is 90.2. The van der Waals surface area contributed by atoms with Crippen molar-refractivity contribution in [3.63, 3.8) is 0 Å². The molecule has 44 heteroatoms. The van der Waals surface area contributed by atoms with Gasteiger partial charge in [-0.05, 0) is 53.7 Å². The van der Waals surface area contributed by atoms with Crippen LogP contribution in [0.2, 0.25) is 0 Å². The second-order valence-electron chi connectivity index (χ2n) is 25.0.